The molecule has 0 radical (unpaired) electrons. The number of pyridine rings is 1. The van der Waals surface area contributed by atoms with Crippen LogP contribution in [-0.4, -0.2) is 23.5 Å². The van der Waals surface area contributed by atoms with E-state index >= 15 is 0 Å². The van der Waals surface area contributed by atoms with Crippen LogP contribution in [0.3, 0.4) is 0 Å². The SMILES string of the molecule is CC#CCN(C)Cc1ccccn1. The van der Waals surface area contributed by atoms with Crippen LogP contribution in [0.4, 0.5) is 0 Å². The Morgan fingerprint density at radius 1 is 1.46 bits per heavy atom. The van der Waals surface area contributed by atoms with E-state index in [9.17, 15) is 0 Å². The first-order valence-corrected chi connectivity index (χ1v) is 4.31. The molecule has 0 aliphatic rings. The summed E-state index contributed by atoms with van der Waals surface area (Å²) in [6, 6.07) is 5.95. The van der Waals surface area contributed by atoms with Crippen molar-refractivity contribution in [3.63, 3.8) is 0 Å². The van der Waals surface area contributed by atoms with Crippen molar-refractivity contribution in [2.45, 2.75) is 13.5 Å². The molecule has 0 saturated carbocycles. The molecule has 0 N–H and O–H groups in total. The van der Waals surface area contributed by atoms with Crippen molar-refractivity contribution in [1.29, 1.82) is 0 Å². The third-order valence-corrected chi connectivity index (χ3v) is 1.68. The Morgan fingerprint density at radius 3 is 2.92 bits per heavy atom. The van der Waals surface area contributed by atoms with Crippen LogP contribution < -0.4 is 0 Å². The van der Waals surface area contributed by atoms with Gasteiger partial charge >= 0.3 is 0 Å². The molecule has 0 bridgehead atoms. The minimum absolute atomic E-state index is 0.799. The zero-order valence-electron chi connectivity index (χ0n) is 8.12. The van der Waals surface area contributed by atoms with Crippen LogP contribution >= 0.6 is 0 Å². The van der Waals surface area contributed by atoms with E-state index in [2.05, 4.69) is 21.7 Å². The van der Waals surface area contributed by atoms with Crippen molar-refractivity contribution in [2.75, 3.05) is 13.6 Å². The number of hydrogen-bond donors (Lipinski definition) is 0. The summed E-state index contributed by atoms with van der Waals surface area (Å²) in [4.78, 5) is 6.37. The Bertz CT molecular complexity index is 295. The highest BCUT2D eigenvalue weighted by Crippen LogP contribution is 1.97. The summed E-state index contributed by atoms with van der Waals surface area (Å²) in [5, 5.41) is 0. The lowest BCUT2D eigenvalue weighted by Crippen LogP contribution is -2.18. The lowest BCUT2D eigenvalue weighted by molar-refractivity contribution is 0.364. The summed E-state index contributed by atoms with van der Waals surface area (Å²) in [5.41, 5.74) is 1.09. The Hall–Kier alpha value is -1.33. The largest absolute Gasteiger partial charge is 0.290 e. The molecule has 0 aromatic carbocycles. The minimum atomic E-state index is 0.799. The molecule has 0 atom stereocenters. The molecule has 0 saturated heterocycles. The third kappa shape index (κ3) is 3.73. The van der Waals surface area contributed by atoms with Gasteiger partial charge in [0.25, 0.3) is 0 Å². The molecule has 0 aliphatic heterocycles. The molecule has 1 aromatic heterocycles. The first kappa shape index (κ1) is 9.76. The molecular weight excluding hydrogens is 160 g/mol. The fraction of sp³-hybridized carbons (Fsp3) is 0.364. The highest BCUT2D eigenvalue weighted by atomic mass is 15.1. The molecule has 1 aromatic rings. The molecule has 1 heterocycles. The van der Waals surface area contributed by atoms with Crippen LogP contribution in [0.2, 0.25) is 0 Å². The molecule has 68 valence electrons. The molecule has 2 nitrogen and oxygen atoms in total. The Kier molecular flexibility index (Phi) is 4.01. The minimum Gasteiger partial charge on any atom is -0.290 e. The van der Waals surface area contributed by atoms with Crippen LogP contribution in [0, 0.1) is 11.8 Å². The Morgan fingerprint density at radius 2 is 2.31 bits per heavy atom. The van der Waals surface area contributed by atoms with Crippen LogP contribution in [-0.2, 0) is 6.54 Å². The highest BCUT2D eigenvalue weighted by molar-refractivity contribution is 5.04. The van der Waals surface area contributed by atoms with Crippen LogP contribution in [0.25, 0.3) is 0 Å². The third-order valence-electron chi connectivity index (χ3n) is 1.68. The summed E-state index contributed by atoms with van der Waals surface area (Å²) in [5.74, 6) is 5.89. The maximum absolute atomic E-state index is 4.24. The van der Waals surface area contributed by atoms with E-state index in [1.807, 2.05) is 38.4 Å². The van der Waals surface area contributed by atoms with E-state index in [0.717, 1.165) is 18.8 Å². The van der Waals surface area contributed by atoms with Gasteiger partial charge in [-0.25, -0.2) is 0 Å². The zero-order valence-corrected chi connectivity index (χ0v) is 8.12. The normalized spacial score (nSPS) is 9.46. The molecule has 0 aliphatic carbocycles. The lowest BCUT2D eigenvalue weighted by Gasteiger charge is -2.11. The van der Waals surface area contributed by atoms with E-state index in [4.69, 9.17) is 0 Å². The topological polar surface area (TPSA) is 16.1 Å². The van der Waals surface area contributed by atoms with Crippen molar-refractivity contribution in [3.8, 4) is 11.8 Å². The maximum atomic E-state index is 4.24. The second kappa shape index (κ2) is 5.34. The number of rotatable bonds is 3. The van der Waals surface area contributed by atoms with Gasteiger partial charge in [-0.1, -0.05) is 12.0 Å². The van der Waals surface area contributed by atoms with Gasteiger partial charge < -0.3 is 0 Å². The van der Waals surface area contributed by atoms with Gasteiger partial charge in [0.1, 0.15) is 0 Å². The van der Waals surface area contributed by atoms with E-state index in [1.54, 1.807) is 0 Å². The fourth-order valence-electron chi connectivity index (χ4n) is 1.04. The predicted octanol–water partition coefficient (Wildman–Crippen LogP) is 1.54. The van der Waals surface area contributed by atoms with Gasteiger partial charge in [-0.05, 0) is 26.1 Å². The van der Waals surface area contributed by atoms with Crippen molar-refractivity contribution >= 4 is 0 Å². The molecule has 0 fully saturated rings. The lowest BCUT2D eigenvalue weighted by atomic mass is 10.3. The summed E-state index contributed by atoms with van der Waals surface area (Å²) in [6.07, 6.45) is 1.81. The smallest absolute Gasteiger partial charge is 0.0602 e. The first-order chi connectivity index (χ1) is 6.33. The summed E-state index contributed by atoms with van der Waals surface area (Å²) in [7, 11) is 2.04. The summed E-state index contributed by atoms with van der Waals surface area (Å²) >= 11 is 0. The second-order valence-corrected chi connectivity index (χ2v) is 2.92. The Balaban J connectivity index is 2.44. The van der Waals surface area contributed by atoms with Crippen molar-refractivity contribution in [2.24, 2.45) is 0 Å². The van der Waals surface area contributed by atoms with Crippen molar-refractivity contribution < 1.29 is 0 Å². The van der Waals surface area contributed by atoms with Gasteiger partial charge in [0, 0.05) is 12.7 Å². The van der Waals surface area contributed by atoms with E-state index < -0.39 is 0 Å². The van der Waals surface area contributed by atoms with Gasteiger partial charge in [-0.2, -0.15) is 0 Å². The van der Waals surface area contributed by atoms with Gasteiger partial charge in [0.05, 0.1) is 12.2 Å². The van der Waals surface area contributed by atoms with Gasteiger partial charge in [0.2, 0.25) is 0 Å². The van der Waals surface area contributed by atoms with Crippen LogP contribution in [0.5, 0.6) is 0 Å². The average Bonchev–Trinajstić information content (AvgIpc) is 2.16. The van der Waals surface area contributed by atoms with Gasteiger partial charge in [-0.15, -0.1) is 5.92 Å². The monoisotopic (exact) mass is 174 g/mol. The van der Waals surface area contributed by atoms with Crippen LogP contribution in [0.15, 0.2) is 24.4 Å². The number of aromatic nitrogens is 1. The molecule has 0 amide bonds. The maximum Gasteiger partial charge on any atom is 0.0602 e. The number of nitrogens with zero attached hydrogens (tertiary/aromatic N) is 2. The zero-order chi connectivity index (χ0) is 9.52. The summed E-state index contributed by atoms with van der Waals surface area (Å²) in [6.45, 7) is 3.51. The van der Waals surface area contributed by atoms with E-state index in [1.165, 1.54) is 0 Å². The molecule has 2 heteroatoms. The second-order valence-electron chi connectivity index (χ2n) is 2.92. The molecule has 0 spiro atoms. The standard InChI is InChI=1S/C11H14N2/c1-3-4-9-13(2)10-11-7-5-6-8-12-11/h5-8H,9-10H2,1-2H3. The van der Waals surface area contributed by atoms with Gasteiger partial charge in [-0.3, -0.25) is 9.88 Å². The molecule has 13 heavy (non-hydrogen) atoms. The quantitative estimate of drug-likeness (QED) is 0.646. The first-order valence-electron chi connectivity index (χ1n) is 4.31. The molecule has 0 unspecified atom stereocenters. The highest BCUT2D eigenvalue weighted by Gasteiger charge is 1.97. The number of hydrogen-bond acceptors (Lipinski definition) is 2. The van der Waals surface area contributed by atoms with E-state index in [-0.39, 0.29) is 0 Å². The van der Waals surface area contributed by atoms with Crippen molar-refractivity contribution in [1.82, 2.24) is 9.88 Å². The molecular formula is C11H14N2. The van der Waals surface area contributed by atoms with E-state index in [0.29, 0.717) is 0 Å². The fourth-order valence-corrected chi connectivity index (χ4v) is 1.04. The van der Waals surface area contributed by atoms with Gasteiger partial charge in [0.15, 0.2) is 0 Å². The predicted molar refractivity (Wildman–Crippen MR) is 54.0 cm³/mol. The van der Waals surface area contributed by atoms with Crippen molar-refractivity contribution in [3.05, 3.63) is 30.1 Å². The Labute approximate surface area is 79.6 Å². The molecule has 1 rings (SSSR count). The summed E-state index contributed by atoms with van der Waals surface area (Å²) < 4.78 is 0. The van der Waals surface area contributed by atoms with Crippen LogP contribution in [0.1, 0.15) is 12.6 Å². The average molecular weight is 174 g/mol.